The van der Waals surface area contributed by atoms with Crippen molar-refractivity contribution in [3.05, 3.63) is 40.4 Å². The Bertz CT molecular complexity index is 446. The first-order valence-electron chi connectivity index (χ1n) is 4.13. The van der Waals surface area contributed by atoms with E-state index in [0.29, 0.717) is 10.6 Å². The lowest BCUT2D eigenvalue weighted by Crippen LogP contribution is -1.93. The molecule has 76 valence electrons. The second-order valence-electron chi connectivity index (χ2n) is 2.71. The smallest absolute Gasteiger partial charge is 0.330 e. The highest BCUT2D eigenvalue weighted by atomic mass is 35.5. The number of ether oxygens (including phenoxy) is 1. The number of halogens is 1. The number of nitriles is 1. The van der Waals surface area contributed by atoms with Crippen LogP contribution in [0.25, 0.3) is 6.08 Å². The van der Waals surface area contributed by atoms with Gasteiger partial charge in [-0.1, -0.05) is 17.7 Å². The molecule has 0 radical (unpaired) electrons. The van der Waals surface area contributed by atoms with Gasteiger partial charge < -0.3 is 4.74 Å². The molecule has 0 aliphatic heterocycles. The lowest BCUT2D eigenvalue weighted by atomic mass is 10.1. The fourth-order valence-electron chi connectivity index (χ4n) is 0.958. The van der Waals surface area contributed by atoms with Gasteiger partial charge in [-0.15, -0.1) is 0 Å². The van der Waals surface area contributed by atoms with E-state index in [1.54, 1.807) is 24.3 Å². The number of carbonyl (C=O) groups excluding carboxylic acids is 1. The molecule has 0 saturated heterocycles. The van der Waals surface area contributed by atoms with Gasteiger partial charge in [-0.25, -0.2) is 4.79 Å². The summed E-state index contributed by atoms with van der Waals surface area (Å²) in [5.74, 6) is -0.435. The highest BCUT2D eigenvalue weighted by Crippen LogP contribution is 2.17. The Morgan fingerprint density at radius 3 is 2.87 bits per heavy atom. The molecule has 0 spiro atoms. The molecule has 0 N–H and O–H groups in total. The topological polar surface area (TPSA) is 50.1 Å². The molecule has 0 bridgehead atoms. The van der Waals surface area contributed by atoms with Crippen molar-refractivity contribution in [3.8, 4) is 6.07 Å². The Kier molecular flexibility index (Phi) is 3.90. The SMILES string of the molecule is COC(=O)C=Cc1ccc(C#N)c(Cl)c1. The number of hydrogen-bond acceptors (Lipinski definition) is 3. The fraction of sp³-hybridized carbons (Fsp3) is 0.0909. The minimum absolute atomic E-state index is 0.365. The molecule has 0 atom stereocenters. The van der Waals surface area contributed by atoms with Crippen molar-refractivity contribution >= 4 is 23.6 Å². The van der Waals surface area contributed by atoms with E-state index in [0.717, 1.165) is 5.56 Å². The molecule has 0 aliphatic rings. The molecule has 0 unspecified atom stereocenters. The molecule has 0 saturated carbocycles. The van der Waals surface area contributed by atoms with E-state index in [1.807, 2.05) is 6.07 Å². The van der Waals surface area contributed by atoms with Gasteiger partial charge in [0.15, 0.2) is 0 Å². The Hall–Kier alpha value is -1.79. The zero-order valence-corrected chi connectivity index (χ0v) is 8.78. The molecule has 1 aromatic carbocycles. The van der Waals surface area contributed by atoms with Crippen molar-refractivity contribution in [2.24, 2.45) is 0 Å². The molecule has 0 heterocycles. The summed E-state index contributed by atoms with van der Waals surface area (Å²) in [6.07, 6.45) is 2.86. The van der Waals surface area contributed by atoms with Crippen LogP contribution in [-0.4, -0.2) is 13.1 Å². The molecule has 4 heteroatoms. The molecule has 1 rings (SSSR count). The van der Waals surface area contributed by atoms with Gasteiger partial charge in [0.25, 0.3) is 0 Å². The number of benzene rings is 1. The Labute approximate surface area is 92.5 Å². The highest BCUT2D eigenvalue weighted by molar-refractivity contribution is 6.31. The van der Waals surface area contributed by atoms with Crippen molar-refractivity contribution in [1.29, 1.82) is 5.26 Å². The maximum absolute atomic E-state index is 10.8. The van der Waals surface area contributed by atoms with Gasteiger partial charge >= 0.3 is 5.97 Å². The van der Waals surface area contributed by atoms with E-state index in [-0.39, 0.29) is 0 Å². The van der Waals surface area contributed by atoms with E-state index < -0.39 is 5.97 Å². The molecule has 1 aromatic rings. The number of esters is 1. The summed E-state index contributed by atoms with van der Waals surface area (Å²) in [5, 5.41) is 9.00. The van der Waals surface area contributed by atoms with Gasteiger partial charge in [-0.2, -0.15) is 5.26 Å². The Morgan fingerprint density at radius 2 is 2.33 bits per heavy atom. The van der Waals surface area contributed by atoms with Crippen LogP contribution < -0.4 is 0 Å². The summed E-state index contributed by atoms with van der Waals surface area (Å²) >= 11 is 5.81. The van der Waals surface area contributed by atoms with E-state index in [1.165, 1.54) is 13.2 Å². The van der Waals surface area contributed by atoms with E-state index in [2.05, 4.69) is 4.74 Å². The molecule has 0 fully saturated rings. The molecular weight excluding hydrogens is 214 g/mol. The minimum Gasteiger partial charge on any atom is -0.466 e. The molecule has 15 heavy (non-hydrogen) atoms. The fourth-order valence-corrected chi connectivity index (χ4v) is 1.19. The zero-order valence-electron chi connectivity index (χ0n) is 8.03. The largest absolute Gasteiger partial charge is 0.466 e. The third-order valence-corrected chi connectivity index (χ3v) is 2.04. The van der Waals surface area contributed by atoms with Crippen molar-refractivity contribution in [2.75, 3.05) is 7.11 Å². The van der Waals surface area contributed by atoms with E-state index in [9.17, 15) is 4.79 Å². The van der Waals surface area contributed by atoms with Crippen LogP contribution in [0.4, 0.5) is 0 Å². The number of carbonyl (C=O) groups is 1. The van der Waals surface area contributed by atoms with Crippen molar-refractivity contribution in [2.45, 2.75) is 0 Å². The quantitative estimate of drug-likeness (QED) is 0.569. The molecular formula is C11H8ClNO2. The first kappa shape index (κ1) is 11.3. The molecule has 0 aromatic heterocycles. The maximum Gasteiger partial charge on any atom is 0.330 e. The highest BCUT2D eigenvalue weighted by Gasteiger charge is 1.99. The minimum atomic E-state index is -0.435. The monoisotopic (exact) mass is 221 g/mol. The normalized spacial score (nSPS) is 9.93. The van der Waals surface area contributed by atoms with Crippen LogP contribution in [0.5, 0.6) is 0 Å². The summed E-state index contributed by atoms with van der Waals surface area (Å²) in [5.41, 5.74) is 1.15. The summed E-state index contributed by atoms with van der Waals surface area (Å²) < 4.78 is 4.44. The first-order valence-corrected chi connectivity index (χ1v) is 4.51. The van der Waals surface area contributed by atoms with Crippen LogP contribution in [0, 0.1) is 11.3 Å². The average molecular weight is 222 g/mol. The third-order valence-electron chi connectivity index (χ3n) is 1.73. The molecule has 0 amide bonds. The first-order chi connectivity index (χ1) is 7.17. The van der Waals surface area contributed by atoms with Crippen LogP contribution in [-0.2, 0) is 9.53 Å². The maximum atomic E-state index is 10.8. The predicted octanol–water partition coefficient (Wildman–Crippen LogP) is 2.40. The summed E-state index contributed by atoms with van der Waals surface area (Å²) in [6, 6.07) is 6.86. The van der Waals surface area contributed by atoms with Gasteiger partial charge in [0.1, 0.15) is 6.07 Å². The van der Waals surface area contributed by atoms with Gasteiger partial charge in [-0.05, 0) is 23.8 Å². The van der Waals surface area contributed by atoms with Crippen molar-refractivity contribution in [1.82, 2.24) is 0 Å². The van der Waals surface area contributed by atoms with Gasteiger partial charge in [0.05, 0.1) is 17.7 Å². The second kappa shape index (κ2) is 5.18. The van der Waals surface area contributed by atoms with Crippen LogP contribution in [0.2, 0.25) is 5.02 Å². The third kappa shape index (κ3) is 3.12. The number of methoxy groups -OCH3 is 1. The number of rotatable bonds is 2. The average Bonchev–Trinajstić information content (AvgIpc) is 2.26. The van der Waals surface area contributed by atoms with E-state index in [4.69, 9.17) is 16.9 Å². The van der Waals surface area contributed by atoms with Crippen LogP contribution >= 0.6 is 11.6 Å². The second-order valence-corrected chi connectivity index (χ2v) is 3.11. The van der Waals surface area contributed by atoms with Crippen LogP contribution in [0.1, 0.15) is 11.1 Å². The summed E-state index contributed by atoms with van der Waals surface area (Å²) in [6.45, 7) is 0. The lowest BCUT2D eigenvalue weighted by molar-refractivity contribution is -0.134. The Morgan fingerprint density at radius 1 is 1.60 bits per heavy atom. The van der Waals surface area contributed by atoms with Gasteiger partial charge in [0, 0.05) is 6.08 Å². The Balaban J connectivity index is 2.90. The van der Waals surface area contributed by atoms with E-state index >= 15 is 0 Å². The van der Waals surface area contributed by atoms with Gasteiger partial charge in [-0.3, -0.25) is 0 Å². The number of hydrogen-bond donors (Lipinski definition) is 0. The standard InChI is InChI=1S/C11H8ClNO2/c1-15-11(14)5-3-8-2-4-9(7-13)10(12)6-8/h2-6H,1H3. The predicted molar refractivity (Wildman–Crippen MR) is 57.2 cm³/mol. The lowest BCUT2D eigenvalue weighted by Gasteiger charge is -1.96. The zero-order chi connectivity index (χ0) is 11.3. The summed E-state index contributed by atoms with van der Waals surface area (Å²) in [4.78, 5) is 10.8. The van der Waals surface area contributed by atoms with Crippen molar-refractivity contribution in [3.63, 3.8) is 0 Å². The number of nitrogens with zero attached hydrogens (tertiary/aromatic N) is 1. The molecule has 3 nitrogen and oxygen atoms in total. The van der Waals surface area contributed by atoms with Crippen molar-refractivity contribution < 1.29 is 9.53 Å². The van der Waals surface area contributed by atoms with Crippen LogP contribution in [0.15, 0.2) is 24.3 Å². The van der Waals surface area contributed by atoms with Gasteiger partial charge in [0.2, 0.25) is 0 Å². The van der Waals surface area contributed by atoms with Crippen LogP contribution in [0.3, 0.4) is 0 Å². The summed E-state index contributed by atoms with van der Waals surface area (Å²) in [7, 11) is 1.30. The molecule has 0 aliphatic carbocycles.